The smallest absolute Gasteiger partial charge is 0.191 e. The molecule has 23 heavy (non-hydrogen) atoms. The van der Waals surface area contributed by atoms with Gasteiger partial charge in [0.15, 0.2) is 15.9 Å². The highest BCUT2D eigenvalue weighted by molar-refractivity contribution is 7.99. The molecular formula is C15H12ClN5OS. The Balaban J connectivity index is 1.94. The second-order valence-electron chi connectivity index (χ2n) is 4.97. The van der Waals surface area contributed by atoms with Gasteiger partial charge in [-0.15, -0.1) is 0 Å². The van der Waals surface area contributed by atoms with Gasteiger partial charge >= 0.3 is 0 Å². The fourth-order valence-corrected chi connectivity index (χ4v) is 3.23. The summed E-state index contributed by atoms with van der Waals surface area (Å²) in [5.74, 6) is 0.262. The molecule has 116 valence electrons. The largest absolute Gasteiger partial charge is 0.461 e. The number of thioether (sulfide) groups is 1. The van der Waals surface area contributed by atoms with Crippen molar-refractivity contribution >= 4 is 40.1 Å². The highest BCUT2D eigenvalue weighted by Crippen LogP contribution is 2.36. The van der Waals surface area contributed by atoms with Crippen molar-refractivity contribution in [2.45, 2.75) is 24.3 Å². The van der Waals surface area contributed by atoms with Gasteiger partial charge in [0.25, 0.3) is 0 Å². The molecule has 0 spiro atoms. The zero-order chi connectivity index (χ0) is 16.6. The van der Waals surface area contributed by atoms with Crippen molar-refractivity contribution in [3.63, 3.8) is 0 Å². The minimum Gasteiger partial charge on any atom is -0.461 e. The first kappa shape index (κ1) is 15.6. The zero-order valence-corrected chi connectivity index (χ0v) is 13.9. The van der Waals surface area contributed by atoms with Crippen LogP contribution in [-0.4, -0.2) is 15.0 Å². The topological polar surface area (TPSA) is 102 Å². The average molecular weight is 346 g/mol. The van der Waals surface area contributed by atoms with E-state index in [0.717, 1.165) is 16.6 Å². The van der Waals surface area contributed by atoms with Gasteiger partial charge in [0.2, 0.25) is 0 Å². The van der Waals surface area contributed by atoms with Gasteiger partial charge in [-0.05, 0) is 25.5 Å². The van der Waals surface area contributed by atoms with E-state index in [2.05, 4.69) is 15.0 Å². The Kier molecular flexibility index (Phi) is 4.11. The molecule has 0 fully saturated rings. The van der Waals surface area contributed by atoms with Crippen molar-refractivity contribution in [1.29, 1.82) is 5.26 Å². The monoisotopic (exact) mass is 345 g/mol. The number of furan rings is 1. The first-order valence-corrected chi connectivity index (χ1v) is 7.99. The number of pyridine rings is 1. The van der Waals surface area contributed by atoms with Crippen LogP contribution in [0.5, 0.6) is 0 Å². The summed E-state index contributed by atoms with van der Waals surface area (Å²) in [6.45, 7) is 3.91. The maximum absolute atomic E-state index is 8.95. The molecule has 0 aliphatic carbocycles. The molecular weight excluding hydrogens is 334 g/mol. The van der Waals surface area contributed by atoms with Crippen LogP contribution in [0.4, 0.5) is 5.82 Å². The first-order chi connectivity index (χ1) is 11.0. The van der Waals surface area contributed by atoms with Gasteiger partial charge in [0.05, 0.1) is 17.2 Å². The number of fused-ring (bicyclic) bond motifs is 1. The quantitative estimate of drug-likeness (QED) is 0.436. The van der Waals surface area contributed by atoms with Crippen molar-refractivity contribution < 1.29 is 4.42 Å². The van der Waals surface area contributed by atoms with Crippen molar-refractivity contribution in [1.82, 2.24) is 15.0 Å². The lowest BCUT2D eigenvalue weighted by Crippen LogP contribution is -2.00. The van der Waals surface area contributed by atoms with E-state index >= 15 is 0 Å². The Labute approximate surface area is 141 Å². The van der Waals surface area contributed by atoms with E-state index in [1.165, 1.54) is 17.8 Å². The molecule has 0 saturated carbocycles. The lowest BCUT2D eigenvalue weighted by atomic mass is 10.2. The summed E-state index contributed by atoms with van der Waals surface area (Å²) in [4.78, 5) is 12.7. The number of hydrogen-bond donors (Lipinski definition) is 1. The molecule has 0 aliphatic heterocycles. The van der Waals surface area contributed by atoms with E-state index in [9.17, 15) is 0 Å². The van der Waals surface area contributed by atoms with Crippen LogP contribution < -0.4 is 5.73 Å². The fraction of sp³-hybridized carbons (Fsp3) is 0.200. The number of hydrogen-bond acceptors (Lipinski definition) is 7. The second kappa shape index (κ2) is 6.07. The molecule has 2 N–H and O–H groups in total. The van der Waals surface area contributed by atoms with E-state index in [-0.39, 0.29) is 16.8 Å². The Hall–Kier alpha value is -2.30. The van der Waals surface area contributed by atoms with Crippen LogP contribution in [-0.2, 0) is 0 Å². The summed E-state index contributed by atoms with van der Waals surface area (Å²) in [5, 5.41) is 10.6. The second-order valence-corrected chi connectivity index (χ2v) is 6.63. The molecule has 3 heterocycles. The molecule has 3 aromatic rings. The molecule has 0 amide bonds. The third-order valence-electron chi connectivity index (χ3n) is 3.27. The predicted octanol–water partition coefficient (Wildman–Crippen LogP) is 3.89. The van der Waals surface area contributed by atoms with Crippen molar-refractivity contribution in [2.24, 2.45) is 0 Å². The predicted molar refractivity (Wildman–Crippen MR) is 89.2 cm³/mol. The number of halogens is 1. The van der Waals surface area contributed by atoms with Crippen LogP contribution in [0.1, 0.15) is 29.1 Å². The Bertz CT molecular complexity index is 933. The summed E-state index contributed by atoms with van der Waals surface area (Å²) in [6.07, 6.45) is 1.65. The van der Waals surface area contributed by atoms with Crippen molar-refractivity contribution in [2.75, 3.05) is 5.73 Å². The maximum Gasteiger partial charge on any atom is 0.191 e. The number of nitrogens with two attached hydrogens (primary N) is 1. The molecule has 3 aromatic heterocycles. The zero-order valence-electron chi connectivity index (χ0n) is 12.4. The first-order valence-electron chi connectivity index (χ1n) is 6.73. The number of nitriles is 1. The number of rotatable bonds is 3. The molecule has 0 aliphatic rings. The third kappa shape index (κ3) is 3.09. The van der Waals surface area contributed by atoms with Crippen LogP contribution >= 0.6 is 23.4 Å². The molecule has 8 heteroatoms. The summed E-state index contributed by atoms with van der Waals surface area (Å²) in [5.41, 5.74) is 8.28. The third-order valence-corrected chi connectivity index (χ3v) is 4.51. The molecule has 0 radical (unpaired) electrons. The summed E-state index contributed by atoms with van der Waals surface area (Å²) in [7, 11) is 0. The van der Waals surface area contributed by atoms with Crippen LogP contribution in [0, 0.1) is 18.3 Å². The van der Waals surface area contributed by atoms with Gasteiger partial charge in [-0.2, -0.15) is 5.26 Å². The number of nitrogen functional groups attached to an aromatic ring is 1. The lowest BCUT2D eigenvalue weighted by Gasteiger charge is -2.10. The average Bonchev–Trinajstić information content (AvgIpc) is 2.88. The summed E-state index contributed by atoms with van der Waals surface area (Å²) < 4.78 is 5.40. The minimum atomic E-state index is -0.0699. The van der Waals surface area contributed by atoms with Crippen LogP contribution in [0.25, 0.3) is 11.0 Å². The fourth-order valence-electron chi connectivity index (χ4n) is 2.12. The van der Waals surface area contributed by atoms with E-state index in [4.69, 9.17) is 27.0 Å². The number of anilines is 1. The lowest BCUT2D eigenvalue weighted by molar-refractivity contribution is 0.611. The van der Waals surface area contributed by atoms with E-state index < -0.39 is 0 Å². The van der Waals surface area contributed by atoms with Crippen LogP contribution in [0.3, 0.4) is 0 Å². The van der Waals surface area contributed by atoms with Crippen LogP contribution in [0.15, 0.2) is 28.0 Å². The van der Waals surface area contributed by atoms with Crippen molar-refractivity contribution in [3.05, 3.63) is 40.5 Å². The highest BCUT2D eigenvalue weighted by Gasteiger charge is 2.17. The van der Waals surface area contributed by atoms with Gasteiger partial charge < -0.3 is 10.2 Å². The number of nitrogens with zero attached hydrogens (tertiary/aromatic N) is 4. The standard InChI is InChI=1S/C15H12ClN5OS/c1-7-6-22-13-10(7)4-11(20-14(13)16)8(2)23-15-19-9(5-17)3-12(18)21-15/h3-4,6,8H,1-2H3,(H2,18,19,21). The Morgan fingerprint density at radius 2 is 2.13 bits per heavy atom. The SMILES string of the molecule is Cc1coc2c(Cl)nc(C(C)Sc3nc(N)cc(C#N)n3)cc12. The molecule has 6 nitrogen and oxygen atoms in total. The Morgan fingerprint density at radius 3 is 2.87 bits per heavy atom. The molecule has 0 aromatic carbocycles. The summed E-state index contributed by atoms with van der Waals surface area (Å²) in [6, 6.07) is 5.34. The highest BCUT2D eigenvalue weighted by atomic mass is 35.5. The number of aryl methyl sites for hydroxylation is 1. The summed E-state index contributed by atoms with van der Waals surface area (Å²) >= 11 is 7.55. The molecule has 0 saturated heterocycles. The van der Waals surface area contributed by atoms with Crippen molar-refractivity contribution in [3.8, 4) is 6.07 Å². The molecule has 0 bridgehead atoms. The van der Waals surface area contributed by atoms with Crippen LogP contribution in [0.2, 0.25) is 5.15 Å². The van der Waals surface area contributed by atoms with E-state index in [1.54, 1.807) is 6.26 Å². The molecule has 1 unspecified atom stereocenters. The van der Waals surface area contributed by atoms with Gasteiger partial charge in [-0.3, -0.25) is 0 Å². The van der Waals surface area contributed by atoms with Gasteiger partial charge in [0.1, 0.15) is 17.6 Å². The van der Waals surface area contributed by atoms with E-state index in [0.29, 0.717) is 15.9 Å². The normalized spacial score (nSPS) is 12.3. The van der Waals surface area contributed by atoms with E-state index in [1.807, 2.05) is 26.0 Å². The molecule has 3 rings (SSSR count). The molecule has 1 atom stereocenters. The van der Waals surface area contributed by atoms with Gasteiger partial charge in [-0.1, -0.05) is 23.4 Å². The van der Waals surface area contributed by atoms with Gasteiger partial charge in [0, 0.05) is 11.5 Å². The minimum absolute atomic E-state index is 0.0699. The number of aromatic nitrogens is 3. The Morgan fingerprint density at radius 1 is 1.35 bits per heavy atom. The van der Waals surface area contributed by atoms with Gasteiger partial charge in [-0.25, -0.2) is 15.0 Å². The maximum atomic E-state index is 8.95.